The van der Waals surface area contributed by atoms with Crippen molar-refractivity contribution in [1.29, 1.82) is 0 Å². The lowest BCUT2D eigenvalue weighted by Crippen LogP contribution is -2.67. The van der Waals surface area contributed by atoms with Gasteiger partial charge in [-0.2, -0.15) is 0 Å². The maximum atomic E-state index is 12.9. The van der Waals surface area contributed by atoms with Crippen LogP contribution >= 0.6 is 0 Å². The molecule has 9 heterocycles. The minimum Gasteiger partial charge on any atom is -0.474 e. The van der Waals surface area contributed by atoms with E-state index in [1.54, 1.807) is 18.6 Å². The van der Waals surface area contributed by atoms with E-state index in [1.807, 2.05) is 180 Å². The van der Waals surface area contributed by atoms with E-state index in [0.717, 1.165) is 64.1 Å². The molecule has 18 heteroatoms. The standard InChI is InChI=1S/C17H25NO.2C16H24N2O.C16H23NO2.C15H22N2O2.C13H18N2O/c1-15(2,3)17(16(4,5)6)11-12-9-7-8-10-13(12)18-14(17)19;1-14(2,3)16(15(4,5)6)10-11-8-7-9-17-12(11)18-13(16)19;1-14(2,3)16(15(4,5)6)13(19)17-11-9-7-8-10-12(11)18-16;1-14(2,3)16(15(4,5)6)13(18)17-11-9-7-8-10-12(11)19-16;1-13(2,3)15(14(4,5)6)12(18)17-11-10(19-15)8-7-9-16-11;1-8(2)13(9(3)4)10-6-5-7-14-11(10)15-12(13)16/h7-10H,11H2,1-6H3,(H,18,19);7-9H,10H2,1-6H3,(H,17,18,19);7-10,18H,1-6H3,(H,17,19);7-10H,1-6H3,(H,17,18);7-9H,1-6H3,(H,16,17,18);5-9H,1-4H3,(H,14,15,16). The summed E-state index contributed by atoms with van der Waals surface area (Å²) in [4.78, 5) is 88.8. The molecule has 0 atom stereocenters. The average Bonchev–Trinajstić information content (AvgIpc) is 1.73. The minimum atomic E-state index is -0.934. The Bertz CT molecular complexity index is 3770. The molecule has 18 nitrogen and oxygen atoms in total. The average molecular weight is 1520 g/mol. The normalized spacial score (nSPS) is 18.4. The summed E-state index contributed by atoms with van der Waals surface area (Å²) in [5, 5.41) is 21.5. The van der Waals surface area contributed by atoms with Crippen LogP contribution in [0, 0.1) is 76.8 Å². The number of hydrogen-bond donors (Lipinski definition) is 7. The largest absolute Gasteiger partial charge is 0.474 e. The monoisotopic (exact) mass is 1520 g/mol. The van der Waals surface area contributed by atoms with Crippen molar-refractivity contribution < 1.29 is 38.2 Å². The van der Waals surface area contributed by atoms with Crippen LogP contribution in [0.4, 0.5) is 40.2 Å². The van der Waals surface area contributed by atoms with Gasteiger partial charge in [0, 0.05) is 51.5 Å². The van der Waals surface area contributed by atoms with Gasteiger partial charge in [0.15, 0.2) is 22.8 Å². The Labute approximate surface area is 665 Å². The predicted molar refractivity (Wildman–Crippen MR) is 455 cm³/mol. The zero-order chi connectivity index (χ0) is 84.3. The zero-order valence-electron chi connectivity index (χ0n) is 73.8. The van der Waals surface area contributed by atoms with Crippen molar-refractivity contribution in [3.05, 3.63) is 144 Å². The molecule has 0 unspecified atom stereocenters. The first-order valence-corrected chi connectivity index (χ1v) is 39.6. The van der Waals surface area contributed by atoms with Crippen molar-refractivity contribution in [3.8, 4) is 11.5 Å². The van der Waals surface area contributed by atoms with Gasteiger partial charge in [-0.05, 0) is 123 Å². The van der Waals surface area contributed by atoms with Crippen LogP contribution in [-0.2, 0) is 47.0 Å². The molecule has 0 saturated carbocycles. The summed E-state index contributed by atoms with van der Waals surface area (Å²) in [6.45, 7) is 71.4. The van der Waals surface area contributed by atoms with Crippen LogP contribution in [0.5, 0.6) is 11.5 Å². The lowest BCUT2D eigenvalue weighted by Gasteiger charge is -2.54. The van der Waals surface area contributed by atoms with Crippen molar-refractivity contribution in [3.63, 3.8) is 0 Å². The van der Waals surface area contributed by atoms with E-state index in [4.69, 9.17) is 9.47 Å². The molecule has 0 saturated heterocycles. The van der Waals surface area contributed by atoms with Gasteiger partial charge in [-0.25, -0.2) is 15.0 Å². The summed E-state index contributed by atoms with van der Waals surface area (Å²) in [5.74, 6) is 4.05. The summed E-state index contributed by atoms with van der Waals surface area (Å²) in [5.41, 5.74) is 1.09. The molecule has 0 fully saturated rings. The third kappa shape index (κ3) is 16.0. The van der Waals surface area contributed by atoms with Crippen LogP contribution in [0.25, 0.3) is 0 Å². The highest BCUT2D eigenvalue weighted by Gasteiger charge is 2.64. The molecule has 3 aromatic carbocycles. The Morgan fingerprint density at radius 1 is 0.306 bits per heavy atom. The number of rotatable bonds is 2. The van der Waals surface area contributed by atoms with Gasteiger partial charge in [-0.1, -0.05) is 290 Å². The van der Waals surface area contributed by atoms with Crippen LogP contribution in [-0.4, -0.2) is 67.1 Å². The van der Waals surface area contributed by atoms with Crippen LogP contribution in [0.1, 0.15) is 252 Å². The third-order valence-corrected chi connectivity index (χ3v) is 24.5. The van der Waals surface area contributed by atoms with Crippen LogP contribution in [0.3, 0.4) is 0 Å². The second-order valence-corrected chi connectivity index (χ2v) is 42.0. The number of para-hydroxylation sites is 5. The first-order valence-electron chi connectivity index (χ1n) is 39.6. The fraction of sp³-hybridized carbons (Fsp3) is 0.581. The first-order chi connectivity index (χ1) is 50.5. The van der Waals surface area contributed by atoms with Crippen LogP contribution in [0.2, 0.25) is 0 Å². The quantitative estimate of drug-likeness (QED) is 0.0856. The van der Waals surface area contributed by atoms with E-state index < -0.39 is 33.0 Å². The topological polar surface area (TPSA) is 244 Å². The Morgan fingerprint density at radius 2 is 0.640 bits per heavy atom. The van der Waals surface area contributed by atoms with E-state index in [9.17, 15) is 28.8 Å². The number of carbonyl (C=O) groups excluding carboxylic acids is 6. The number of amides is 6. The molecular weight excluding hydrogens is 1390 g/mol. The number of fused-ring (bicyclic) bond motifs is 6. The summed E-state index contributed by atoms with van der Waals surface area (Å²) in [7, 11) is 0. The van der Waals surface area contributed by atoms with E-state index >= 15 is 0 Å². The summed E-state index contributed by atoms with van der Waals surface area (Å²) >= 11 is 0. The second-order valence-electron chi connectivity index (χ2n) is 42.0. The maximum Gasteiger partial charge on any atom is 0.270 e. The lowest BCUT2D eigenvalue weighted by molar-refractivity contribution is -0.162. The molecule has 111 heavy (non-hydrogen) atoms. The smallest absolute Gasteiger partial charge is 0.270 e. The second kappa shape index (κ2) is 30.7. The zero-order valence-corrected chi connectivity index (χ0v) is 73.8. The van der Waals surface area contributed by atoms with E-state index in [2.05, 4.69) is 217 Å². The number of pyridine rings is 3. The van der Waals surface area contributed by atoms with Gasteiger partial charge < -0.3 is 46.7 Å². The molecule has 0 aliphatic carbocycles. The van der Waals surface area contributed by atoms with Crippen molar-refractivity contribution in [2.45, 2.75) is 270 Å². The number of carbonyl (C=O) groups is 6. The van der Waals surface area contributed by atoms with E-state index in [0.29, 0.717) is 11.6 Å². The number of aromatic nitrogens is 3. The Hall–Kier alpha value is -8.67. The predicted octanol–water partition coefficient (Wildman–Crippen LogP) is 21.5. The van der Waals surface area contributed by atoms with Gasteiger partial charge in [0.25, 0.3) is 17.7 Å². The SMILES string of the molecule is CC(C)(C)C1(C(C)(C)C)Cc2ccccc2NC1=O.CC(C)(C)C1(C(C)(C)C)Cc2cccnc2NC1=O.CC(C)(C)C1(C(C)(C)C)Nc2ccccc2NC1=O.CC(C)(C)C1(C(C)(C)C)Oc2ccccc2NC1=O.CC(C)(C)C1(C(C)(C)C)Oc2cccnc2NC1=O.CC(C)C1(C(C)C)C(=O)Nc2ncccc21. The highest BCUT2D eigenvalue weighted by molar-refractivity contribution is 6.08. The van der Waals surface area contributed by atoms with Crippen molar-refractivity contribution in [2.75, 3.05) is 37.2 Å². The van der Waals surface area contributed by atoms with Gasteiger partial charge in [-0.15, -0.1) is 0 Å². The molecule has 0 radical (unpaired) electrons. The number of ether oxygens (including phenoxy) is 2. The number of hydrogen-bond acceptors (Lipinski definition) is 12. The fourth-order valence-corrected chi connectivity index (χ4v) is 20.0. The molecule has 3 aromatic heterocycles. The minimum absolute atomic E-state index is 0.0474. The number of anilines is 7. The third-order valence-electron chi connectivity index (χ3n) is 24.5. The van der Waals surface area contributed by atoms with Gasteiger partial charge >= 0.3 is 0 Å². The number of nitrogens with zero attached hydrogens (tertiary/aromatic N) is 3. The molecule has 6 amide bonds. The Kier molecular flexibility index (Phi) is 24.7. The Morgan fingerprint density at radius 3 is 1.11 bits per heavy atom. The summed E-state index contributed by atoms with van der Waals surface area (Å²) in [6, 6.07) is 35.1. The van der Waals surface area contributed by atoms with Gasteiger partial charge in [-0.3, -0.25) is 28.8 Å². The molecule has 6 aliphatic rings. The van der Waals surface area contributed by atoms with Crippen molar-refractivity contribution >= 4 is 75.6 Å². The highest BCUT2D eigenvalue weighted by Crippen LogP contribution is 2.60. The molecule has 12 rings (SSSR count). The van der Waals surface area contributed by atoms with Gasteiger partial charge in [0.05, 0.1) is 33.3 Å². The van der Waals surface area contributed by atoms with Crippen LogP contribution < -0.4 is 46.7 Å². The number of benzene rings is 3. The highest BCUT2D eigenvalue weighted by atomic mass is 16.5. The van der Waals surface area contributed by atoms with Crippen molar-refractivity contribution in [1.82, 2.24) is 15.0 Å². The fourth-order valence-electron chi connectivity index (χ4n) is 20.0. The Balaban J connectivity index is 0.000000185. The summed E-state index contributed by atoms with van der Waals surface area (Å²) < 4.78 is 12.4. The number of nitrogens with one attached hydrogen (secondary N) is 7. The molecule has 6 aromatic rings. The molecule has 6 aliphatic heterocycles. The summed E-state index contributed by atoms with van der Waals surface area (Å²) in [6.07, 6.45) is 6.64. The van der Waals surface area contributed by atoms with E-state index in [-0.39, 0.29) is 101 Å². The molecule has 0 bridgehead atoms. The molecule has 606 valence electrons. The lowest BCUT2D eigenvalue weighted by atomic mass is 9.50. The van der Waals surface area contributed by atoms with Gasteiger partial charge in [0.1, 0.15) is 22.9 Å². The maximum absolute atomic E-state index is 12.9. The van der Waals surface area contributed by atoms with Gasteiger partial charge in [0.2, 0.25) is 17.7 Å². The first kappa shape index (κ1) is 89.5. The molecular formula is C93H136N10O8. The van der Waals surface area contributed by atoms with E-state index in [1.165, 1.54) is 5.56 Å². The van der Waals surface area contributed by atoms with Crippen LogP contribution in [0.15, 0.2) is 128 Å². The van der Waals surface area contributed by atoms with Crippen molar-refractivity contribution in [2.24, 2.45) is 76.8 Å². The molecule has 0 spiro atoms. The molecule has 7 N–H and O–H groups in total.